The van der Waals surface area contributed by atoms with Crippen LogP contribution in [0, 0.1) is 5.92 Å². The predicted octanol–water partition coefficient (Wildman–Crippen LogP) is 3.61. The first-order valence-corrected chi connectivity index (χ1v) is 10.9. The summed E-state index contributed by atoms with van der Waals surface area (Å²) in [5, 5.41) is 4.37. The van der Waals surface area contributed by atoms with Gasteiger partial charge in [-0.05, 0) is 24.3 Å². The van der Waals surface area contributed by atoms with Crippen molar-refractivity contribution in [2.24, 2.45) is 5.92 Å². The maximum absolute atomic E-state index is 13.6. The number of methoxy groups -OCH3 is 1. The molecule has 32 heavy (non-hydrogen) atoms. The Hall–Kier alpha value is -3.32. The molecule has 0 saturated carbocycles. The molecule has 0 unspecified atom stereocenters. The van der Waals surface area contributed by atoms with Gasteiger partial charge < -0.3 is 24.4 Å². The Kier molecular flexibility index (Phi) is 5.13. The fourth-order valence-electron chi connectivity index (χ4n) is 4.14. The van der Waals surface area contributed by atoms with Crippen molar-refractivity contribution in [2.45, 2.75) is 26.2 Å². The quantitative estimate of drug-likeness (QED) is 0.640. The molecule has 2 aliphatic rings. The number of nitrogens with one attached hydrogen (secondary N) is 1. The molecule has 1 aromatic heterocycles. The number of carbonyl (C=O) groups excluding carboxylic acids is 1. The molecule has 1 fully saturated rings. The van der Waals surface area contributed by atoms with Crippen LogP contribution in [0.15, 0.2) is 48.5 Å². The van der Waals surface area contributed by atoms with Gasteiger partial charge in [-0.1, -0.05) is 24.3 Å². The summed E-state index contributed by atoms with van der Waals surface area (Å²) in [6.45, 7) is 6.57. The zero-order chi connectivity index (χ0) is 22.3. The van der Waals surface area contributed by atoms with E-state index in [2.05, 4.69) is 11.4 Å². The van der Waals surface area contributed by atoms with Crippen LogP contribution >= 0.6 is 0 Å². The first-order chi connectivity index (χ1) is 15.4. The van der Waals surface area contributed by atoms with Crippen LogP contribution in [0.4, 0.5) is 0 Å². The van der Waals surface area contributed by atoms with Crippen molar-refractivity contribution in [2.75, 3.05) is 26.7 Å². The predicted molar refractivity (Wildman–Crippen MR) is 121 cm³/mol. The smallest absolute Gasteiger partial charge is 0.254 e. The number of hydrogen-bond donors (Lipinski definition) is 1. The lowest BCUT2D eigenvalue weighted by atomic mass is 10.0. The Morgan fingerprint density at radius 2 is 2.00 bits per heavy atom. The number of benzene rings is 2. The summed E-state index contributed by atoms with van der Waals surface area (Å²) in [6, 6.07) is 15.5. The van der Waals surface area contributed by atoms with Gasteiger partial charge in [0.2, 0.25) is 11.5 Å². The second kappa shape index (κ2) is 7.98. The van der Waals surface area contributed by atoms with Gasteiger partial charge in [0.15, 0.2) is 11.5 Å². The van der Waals surface area contributed by atoms with E-state index in [1.54, 1.807) is 19.2 Å². The van der Waals surface area contributed by atoms with Gasteiger partial charge in [-0.3, -0.25) is 9.78 Å². The maximum atomic E-state index is 13.6. The first-order valence-electron chi connectivity index (χ1n) is 10.9. The highest BCUT2D eigenvalue weighted by molar-refractivity contribution is 5.95. The lowest BCUT2D eigenvalue weighted by Crippen LogP contribution is -2.49. The molecule has 3 heterocycles. The number of rotatable bonds is 6. The molecule has 2 aromatic carbocycles. The molecule has 7 heteroatoms. The van der Waals surface area contributed by atoms with Crippen molar-refractivity contribution in [3.05, 3.63) is 59.8 Å². The first kappa shape index (κ1) is 20.6. The lowest BCUT2D eigenvalue weighted by molar-refractivity contribution is -0.0439. The summed E-state index contributed by atoms with van der Waals surface area (Å²) >= 11 is 0. The van der Waals surface area contributed by atoms with Crippen LogP contribution in [-0.4, -0.2) is 48.3 Å². The van der Waals surface area contributed by atoms with Crippen LogP contribution in [0.25, 0.3) is 10.9 Å². The number of fused-ring (bicyclic) bond motifs is 2. The number of amides is 1. The van der Waals surface area contributed by atoms with Gasteiger partial charge in [0.1, 0.15) is 0 Å². The van der Waals surface area contributed by atoms with E-state index >= 15 is 0 Å². The van der Waals surface area contributed by atoms with Crippen LogP contribution in [0.5, 0.6) is 17.2 Å². The number of para-hydroxylation sites is 1. The van der Waals surface area contributed by atoms with Gasteiger partial charge in [0.25, 0.3) is 5.91 Å². The summed E-state index contributed by atoms with van der Waals surface area (Å²) in [4.78, 5) is 20.3. The normalized spacial score (nSPS) is 16.6. The maximum Gasteiger partial charge on any atom is 0.254 e. The second-order valence-corrected chi connectivity index (χ2v) is 8.81. The zero-order valence-electron chi connectivity index (χ0n) is 18.6. The molecule has 7 nitrogen and oxygen atoms in total. The molecule has 2 aliphatic heterocycles. The van der Waals surface area contributed by atoms with Crippen LogP contribution < -0.4 is 19.5 Å². The Bertz CT molecular complexity index is 1170. The van der Waals surface area contributed by atoms with E-state index in [-0.39, 0.29) is 5.91 Å². The van der Waals surface area contributed by atoms with E-state index in [1.165, 1.54) is 0 Å². The second-order valence-electron chi connectivity index (χ2n) is 8.81. The van der Waals surface area contributed by atoms with Crippen molar-refractivity contribution < 1.29 is 19.0 Å². The van der Waals surface area contributed by atoms with Crippen molar-refractivity contribution >= 4 is 16.8 Å². The summed E-state index contributed by atoms with van der Waals surface area (Å²) in [7, 11) is 1.56. The van der Waals surface area contributed by atoms with Gasteiger partial charge in [0, 0.05) is 50.3 Å². The van der Waals surface area contributed by atoms with E-state index in [0.29, 0.717) is 41.8 Å². The van der Waals surface area contributed by atoms with Gasteiger partial charge in [-0.15, -0.1) is 0 Å². The van der Waals surface area contributed by atoms with Crippen LogP contribution in [0.1, 0.15) is 29.9 Å². The number of pyridine rings is 1. The van der Waals surface area contributed by atoms with Crippen LogP contribution in [0.3, 0.4) is 0 Å². The average molecular weight is 434 g/mol. The molecule has 1 amide bonds. The van der Waals surface area contributed by atoms with Crippen LogP contribution in [0.2, 0.25) is 0 Å². The Balaban J connectivity index is 1.46. The van der Waals surface area contributed by atoms with Gasteiger partial charge >= 0.3 is 0 Å². The highest BCUT2D eigenvalue weighted by Crippen LogP contribution is 2.46. The Morgan fingerprint density at radius 1 is 1.19 bits per heavy atom. The van der Waals surface area contributed by atoms with Crippen LogP contribution in [-0.2, 0) is 6.54 Å². The number of hydrogen-bond acceptors (Lipinski definition) is 6. The summed E-state index contributed by atoms with van der Waals surface area (Å²) in [5.74, 6) is 1.08. The monoisotopic (exact) mass is 433 g/mol. The molecule has 166 valence electrons. The zero-order valence-corrected chi connectivity index (χ0v) is 18.6. The summed E-state index contributed by atoms with van der Waals surface area (Å²) in [5.41, 5.74) is 2.29. The van der Waals surface area contributed by atoms with Gasteiger partial charge in [-0.2, -0.15) is 0 Å². The third kappa shape index (κ3) is 3.96. The standard InChI is InChI=1S/C25H27N3O4/c1-25(2)31-22-11-18(10-21(30-3)23(22)32-25)24(29)28(14-16-12-26-13-16)15-19-9-8-17-6-4-5-7-20(17)27-19/h4-11,16,26H,12-15H2,1-3H3. The summed E-state index contributed by atoms with van der Waals surface area (Å²) in [6.07, 6.45) is 0. The molecule has 1 N–H and O–H groups in total. The molecule has 1 saturated heterocycles. The Morgan fingerprint density at radius 3 is 2.75 bits per heavy atom. The minimum atomic E-state index is -0.802. The fourth-order valence-corrected chi connectivity index (χ4v) is 4.14. The van der Waals surface area contributed by atoms with Crippen molar-refractivity contribution in [3.8, 4) is 17.2 Å². The fraction of sp³-hybridized carbons (Fsp3) is 0.360. The average Bonchev–Trinajstić information content (AvgIpc) is 3.07. The molecule has 0 atom stereocenters. The molecule has 0 spiro atoms. The third-order valence-electron chi connectivity index (χ3n) is 5.83. The summed E-state index contributed by atoms with van der Waals surface area (Å²) < 4.78 is 17.2. The Labute approximate surface area is 187 Å². The third-order valence-corrected chi connectivity index (χ3v) is 5.83. The minimum absolute atomic E-state index is 0.0822. The highest BCUT2D eigenvalue weighted by Gasteiger charge is 2.36. The van der Waals surface area contributed by atoms with E-state index < -0.39 is 5.79 Å². The van der Waals surface area contributed by atoms with E-state index in [4.69, 9.17) is 19.2 Å². The molecule has 0 aliphatic carbocycles. The van der Waals surface area contributed by atoms with E-state index in [0.717, 1.165) is 29.7 Å². The molecule has 0 bridgehead atoms. The van der Waals surface area contributed by atoms with Gasteiger partial charge in [-0.25, -0.2) is 0 Å². The van der Waals surface area contributed by atoms with E-state index in [1.807, 2.05) is 49.1 Å². The van der Waals surface area contributed by atoms with E-state index in [9.17, 15) is 4.79 Å². The van der Waals surface area contributed by atoms with Crippen molar-refractivity contribution in [3.63, 3.8) is 0 Å². The van der Waals surface area contributed by atoms with Crippen molar-refractivity contribution in [1.82, 2.24) is 15.2 Å². The highest BCUT2D eigenvalue weighted by atomic mass is 16.7. The largest absolute Gasteiger partial charge is 0.493 e. The SMILES string of the molecule is COc1cc(C(=O)N(Cc2ccc3ccccc3n2)CC2CNC2)cc2c1OC(C)(C)O2. The molecular weight excluding hydrogens is 406 g/mol. The molecule has 0 radical (unpaired) electrons. The molecule has 5 rings (SSSR count). The molecular formula is C25H27N3O4. The number of aromatic nitrogens is 1. The van der Waals surface area contributed by atoms with Crippen molar-refractivity contribution in [1.29, 1.82) is 0 Å². The lowest BCUT2D eigenvalue weighted by Gasteiger charge is -2.33. The molecule has 3 aromatic rings. The van der Waals surface area contributed by atoms with Gasteiger partial charge in [0.05, 0.1) is 24.9 Å². The minimum Gasteiger partial charge on any atom is -0.493 e. The topological polar surface area (TPSA) is 72.9 Å². The number of nitrogens with zero attached hydrogens (tertiary/aromatic N) is 2. The number of ether oxygens (including phenoxy) is 3. The number of carbonyl (C=O) groups is 1.